The van der Waals surface area contributed by atoms with Crippen LogP contribution in [0.4, 0.5) is 0 Å². The second-order valence-electron chi connectivity index (χ2n) is 10.7. The summed E-state index contributed by atoms with van der Waals surface area (Å²) in [6, 6.07) is 33.4. The molecule has 1 aliphatic carbocycles. The summed E-state index contributed by atoms with van der Waals surface area (Å²) in [5, 5.41) is 8.07. The van der Waals surface area contributed by atoms with E-state index in [4.69, 9.17) is 4.98 Å². The molecule has 0 saturated heterocycles. The SMILES string of the molecule is CC1(C)c2cc(-c3ccc(-c4cccnc4)nc3)ccc2-c2c1cc1ccc3cccc4ccc2c1c34. The normalized spacial score (nSPS) is 13.9. The summed E-state index contributed by atoms with van der Waals surface area (Å²) in [7, 11) is 0. The molecule has 0 spiro atoms. The van der Waals surface area contributed by atoms with Crippen LogP contribution in [0.2, 0.25) is 0 Å². The van der Waals surface area contributed by atoms with Crippen molar-refractivity contribution in [1.82, 2.24) is 9.97 Å². The fraction of sp³-hybridized carbons (Fsp3) is 0.0857. The van der Waals surface area contributed by atoms with E-state index in [1.165, 1.54) is 60.1 Å². The number of fused-ring (bicyclic) bond motifs is 4. The van der Waals surface area contributed by atoms with Crippen LogP contribution in [-0.4, -0.2) is 9.97 Å². The summed E-state index contributed by atoms with van der Waals surface area (Å²) in [6.07, 6.45) is 5.62. The average Bonchev–Trinajstić information content (AvgIpc) is 3.18. The zero-order chi connectivity index (χ0) is 24.7. The number of rotatable bonds is 2. The summed E-state index contributed by atoms with van der Waals surface area (Å²) in [5.74, 6) is 0. The molecule has 2 heterocycles. The second-order valence-corrected chi connectivity index (χ2v) is 10.7. The number of hydrogen-bond donors (Lipinski definition) is 0. The lowest BCUT2D eigenvalue weighted by atomic mass is 9.80. The van der Waals surface area contributed by atoms with E-state index in [1.807, 2.05) is 24.5 Å². The molecule has 0 bridgehead atoms. The lowest BCUT2D eigenvalue weighted by molar-refractivity contribution is 0.661. The molecule has 0 unspecified atom stereocenters. The van der Waals surface area contributed by atoms with Crippen LogP contribution in [0.5, 0.6) is 0 Å². The molecule has 174 valence electrons. The fourth-order valence-electron chi connectivity index (χ4n) is 6.45. The number of hydrogen-bond acceptors (Lipinski definition) is 2. The topological polar surface area (TPSA) is 25.8 Å². The lowest BCUT2D eigenvalue weighted by Gasteiger charge is -2.23. The monoisotopic (exact) mass is 472 g/mol. The maximum absolute atomic E-state index is 4.75. The van der Waals surface area contributed by atoms with E-state index in [2.05, 4.69) is 97.7 Å². The Morgan fingerprint density at radius 3 is 2.19 bits per heavy atom. The van der Waals surface area contributed by atoms with Crippen LogP contribution < -0.4 is 0 Å². The third-order valence-electron chi connectivity index (χ3n) is 8.34. The number of benzene rings is 5. The van der Waals surface area contributed by atoms with Crippen molar-refractivity contribution >= 4 is 32.3 Å². The smallest absolute Gasteiger partial charge is 0.0717 e. The minimum atomic E-state index is -0.0891. The van der Waals surface area contributed by atoms with E-state index in [0.29, 0.717) is 0 Å². The largest absolute Gasteiger partial charge is 0.264 e. The highest BCUT2D eigenvalue weighted by Gasteiger charge is 2.37. The quantitative estimate of drug-likeness (QED) is 0.235. The lowest BCUT2D eigenvalue weighted by Crippen LogP contribution is -2.15. The highest BCUT2D eigenvalue weighted by atomic mass is 14.7. The van der Waals surface area contributed by atoms with Gasteiger partial charge in [-0.15, -0.1) is 0 Å². The third-order valence-corrected chi connectivity index (χ3v) is 8.34. The molecule has 7 aromatic rings. The van der Waals surface area contributed by atoms with Gasteiger partial charge in [-0.05, 0) is 90.5 Å². The minimum Gasteiger partial charge on any atom is -0.264 e. The van der Waals surface area contributed by atoms with Gasteiger partial charge in [0, 0.05) is 35.1 Å². The zero-order valence-electron chi connectivity index (χ0n) is 20.8. The second kappa shape index (κ2) is 7.24. The Kier molecular flexibility index (Phi) is 4.03. The standard InChI is InChI=1S/C35H24N2/c1-35(2)29-17-23(25-12-15-31(37-20-25)26-7-4-16-36-19-26)11-13-27(29)34-28-14-10-22-6-3-5-21-8-9-24(18-30(34)35)33(28)32(21)22/h3-20H,1-2H3. The molecular formula is C35H24N2. The molecule has 2 heteroatoms. The van der Waals surface area contributed by atoms with E-state index in [9.17, 15) is 0 Å². The molecule has 2 nitrogen and oxygen atoms in total. The van der Waals surface area contributed by atoms with Gasteiger partial charge >= 0.3 is 0 Å². The van der Waals surface area contributed by atoms with E-state index in [-0.39, 0.29) is 5.41 Å². The Morgan fingerprint density at radius 2 is 1.41 bits per heavy atom. The molecule has 0 aliphatic heterocycles. The first-order valence-electron chi connectivity index (χ1n) is 12.8. The molecule has 0 atom stereocenters. The predicted octanol–water partition coefficient (Wildman–Crippen LogP) is 9.01. The Morgan fingerprint density at radius 1 is 0.595 bits per heavy atom. The average molecular weight is 473 g/mol. The van der Waals surface area contributed by atoms with Gasteiger partial charge in [0.1, 0.15) is 0 Å². The summed E-state index contributed by atoms with van der Waals surface area (Å²) < 4.78 is 0. The summed E-state index contributed by atoms with van der Waals surface area (Å²) in [4.78, 5) is 8.97. The Labute approximate surface area is 215 Å². The van der Waals surface area contributed by atoms with Crippen molar-refractivity contribution in [2.75, 3.05) is 0 Å². The van der Waals surface area contributed by atoms with Gasteiger partial charge in [-0.25, -0.2) is 0 Å². The molecule has 0 saturated carbocycles. The van der Waals surface area contributed by atoms with Crippen molar-refractivity contribution in [3.05, 3.63) is 121 Å². The van der Waals surface area contributed by atoms with Gasteiger partial charge in [-0.3, -0.25) is 9.97 Å². The summed E-state index contributed by atoms with van der Waals surface area (Å²) in [6.45, 7) is 4.73. The van der Waals surface area contributed by atoms with E-state index in [1.54, 1.807) is 6.20 Å². The van der Waals surface area contributed by atoms with E-state index in [0.717, 1.165) is 16.8 Å². The molecule has 0 N–H and O–H groups in total. The van der Waals surface area contributed by atoms with E-state index < -0.39 is 0 Å². The van der Waals surface area contributed by atoms with Crippen LogP contribution in [0, 0.1) is 0 Å². The van der Waals surface area contributed by atoms with Crippen LogP contribution in [-0.2, 0) is 5.41 Å². The van der Waals surface area contributed by atoms with E-state index >= 15 is 0 Å². The third kappa shape index (κ3) is 2.81. The predicted molar refractivity (Wildman–Crippen MR) is 154 cm³/mol. The first-order valence-corrected chi connectivity index (χ1v) is 12.8. The maximum Gasteiger partial charge on any atom is 0.0717 e. The van der Waals surface area contributed by atoms with Crippen molar-refractivity contribution < 1.29 is 0 Å². The Balaban J connectivity index is 1.32. The first kappa shape index (κ1) is 20.6. The van der Waals surface area contributed by atoms with Gasteiger partial charge in [0.15, 0.2) is 0 Å². The van der Waals surface area contributed by atoms with Crippen molar-refractivity contribution in [2.24, 2.45) is 0 Å². The van der Waals surface area contributed by atoms with Crippen molar-refractivity contribution in [1.29, 1.82) is 0 Å². The van der Waals surface area contributed by atoms with Crippen LogP contribution in [0.25, 0.3) is 65.8 Å². The molecule has 0 radical (unpaired) electrons. The highest BCUT2D eigenvalue weighted by molar-refractivity contribution is 6.26. The molecule has 0 amide bonds. The molecule has 37 heavy (non-hydrogen) atoms. The summed E-state index contributed by atoms with van der Waals surface area (Å²) in [5.41, 5.74) is 9.74. The highest BCUT2D eigenvalue weighted by Crippen LogP contribution is 2.54. The van der Waals surface area contributed by atoms with Crippen LogP contribution >= 0.6 is 0 Å². The van der Waals surface area contributed by atoms with Crippen molar-refractivity contribution in [2.45, 2.75) is 19.3 Å². The zero-order valence-corrected chi connectivity index (χ0v) is 20.8. The summed E-state index contributed by atoms with van der Waals surface area (Å²) >= 11 is 0. The van der Waals surface area contributed by atoms with Gasteiger partial charge < -0.3 is 0 Å². The molecule has 0 fully saturated rings. The molecule has 5 aromatic carbocycles. The van der Waals surface area contributed by atoms with Crippen molar-refractivity contribution in [3.8, 4) is 33.5 Å². The fourth-order valence-corrected chi connectivity index (χ4v) is 6.45. The Bertz CT molecular complexity index is 1970. The van der Waals surface area contributed by atoms with Crippen LogP contribution in [0.1, 0.15) is 25.0 Å². The van der Waals surface area contributed by atoms with Gasteiger partial charge in [0.25, 0.3) is 0 Å². The molecular weight excluding hydrogens is 448 g/mol. The van der Waals surface area contributed by atoms with Gasteiger partial charge in [-0.1, -0.05) is 74.5 Å². The van der Waals surface area contributed by atoms with Crippen LogP contribution in [0.3, 0.4) is 0 Å². The first-order chi connectivity index (χ1) is 18.1. The number of nitrogens with zero attached hydrogens (tertiary/aromatic N) is 2. The minimum absolute atomic E-state index is 0.0891. The van der Waals surface area contributed by atoms with Gasteiger partial charge in [0.05, 0.1) is 5.69 Å². The van der Waals surface area contributed by atoms with Gasteiger partial charge in [-0.2, -0.15) is 0 Å². The van der Waals surface area contributed by atoms with Crippen molar-refractivity contribution in [3.63, 3.8) is 0 Å². The molecule has 2 aromatic heterocycles. The maximum atomic E-state index is 4.75. The molecule has 1 aliphatic rings. The Hall–Kier alpha value is -4.56. The van der Waals surface area contributed by atoms with Crippen LogP contribution in [0.15, 0.2) is 110 Å². The number of pyridine rings is 2. The van der Waals surface area contributed by atoms with Gasteiger partial charge in [0.2, 0.25) is 0 Å². The number of aromatic nitrogens is 2. The molecule has 8 rings (SSSR count).